The smallest absolute Gasteiger partial charge is 0.131 e. The highest BCUT2D eigenvalue weighted by Gasteiger charge is 2.12. The molecule has 1 aromatic carbocycles. The van der Waals surface area contributed by atoms with Gasteiger partial charge in [-0.1, -0.05) is 6.07 Å². The molecule has 1 rings (SSSR count). The van der Waals surface area contributed by atoms with Crippen molar-refractivity contribution >= 4 is 0 Å². The lowest BCUT2D eigenvalue weighted by Crippen LogP contribution is -2.28. The van der Waals surface area contributed by atoms with Gasteiger partial charge in [0.2, 0.25) is 0 Å². The Kier molecular flexibility index (Phi) is 4.92. The summed E-state index contributed by atoms with van der Waals surface area (Å²) in [4.78, 5) is 1.95. The van der Waals surface area contributed by atoms with Gasteiger partial charge in [-0.2, -0.15) is 5.26 Å². The molecular formula is C13H17FN2O. The zero-order valence-electron chi connectivity index (χ0n) is 10.4. The number of methoxy groups -OCH3 is 1. The minimum absolute atomic E-state index is 0.113. The van der Waals surface area contributed by atoms with Crippen LogP contribution in [0.1, 0.15) is 18.9 Å². The summed E-state index contributed by atoms with van der Waals surface area (Å²) in [6, 6.07) is 7.05. The number of hydrogen-bond donors (Lipinski definition) is 0. The number of halogens is 1. The lowest BCUT2D eigenvalue weighted by Gasteiger charge is -2.22. The molecule has 4 heteroatoms. The first-order valence-electron chi connectivity index (χ1n) is 5.48. The van der Waals surface area contributed by atoms with Gasteiger partial charge >= 0.3 is 0 Å². The van der Waals surface area contributed by atoms with Gasteiger partial charge in [-0.15, -0.1) is 0 Å². The van der Waals surface area contributed by atoms with E-state index in [9.17, 15) is 4.39 Å². The molecule has 1 aromatic rings. The van der Waals surface area contributed by atoms with Gasteiger partial charge in [0, 0.05) is 24.2 Å². The van der Waals surface area contributed by atoms with Crippen molar-refractivity contribution in [1.29, 1.82) is 5.26 Å². The van der Waals surface area contributed by atoms with E-state index in [2.05, 4.69) is 6.07 Å². The fourth-order valence-electron chi connectivity index (χ4n) is 1.50. The molecule has 1 unspecified atom stereocenters. The van der Waals surface area contributed by atoms with Crippen LogP contribution in [-0.2, 0) is 6.54 Å². The van der Waals surface area contributed by atoms with Gasteiger partial charge in [0.25, 0.3) is 0 Å². The highest BCUT2D eigenvalue weighted by molar-refractivity contribution is 5.28. The monoisotopic (exact) mass is 236 g/mol. The summed E-state index contributed by atoms with van der Waals surface area (Å²) in [7, 11) is 3.39. The first-order valence-corrected chi connectivity index (χ1v) is 5.48. The number of hydrogen-bond acceptors (Lipinski definition) is 3. The summed E-state index contributed by atoms with van der Waals surface area (Å²) in [6.07, 6.45) is 0.439. The van der Waals surface area contributed by atoms with Gasteiger partial charge in [0.05, 0.1) is 19.6 Å². The van der Waals surface area contributed by atoms with Crippen LogP contribution in [-0.4, -0.2) is 25.1 Å². The number of nitriles is 1. The van der Waals surface area contributed by atoms with Gasteiger partial charge in [-0.3, -0.25) is 4.90 Å². The minimum atomic E-state index is -0.277. The molecule has 0 saturated carbocycles. The van der Waals surface area contributed by atoms with Crippen molar-refractivity contribution in [2.24, 2.45) is 0 Å². The molecule has 3 nitrogen and oxygen atoms in total. The van der Waals surface area contributed by atoms with Crippen LogP contribution in [0, 0.1) is 17.1 Å². The van der Waals surface area contributed by atoms with Crippen LogP contribution in [0.3, 0.4) is 0 Å². The third-order valence-electron chi connectivity index (χ3n) is 2.82. The van der Waals surface area contributed by atoms with Crippen LogP contribution in [0.2, 0.25) is 0 Å². The van der Waals surface area contributed by atoms with Crippen LogP contribution >= 0.6 is 0 Å². The van der Waals surface area contributed by atoms with E-state index < -0.39 is 0 Å². The first kappa shape index (κ1) is 13.5. The maximum absolute atomic E-state index is 13.7. The van der Waals surface area contributed by atoms with Gasteiger partial charge in [-0.05, 0) is 20.0 Å². The second-order valence-corrected chi connectivity index (χ2v) is 4.08. The van der Waals surface area contributed by atoms with E-state index in [1.165, 1.54) is 13.2 Å². The Balaban J connectivity index is 2.72. The Hall–Kier alpha value is -1.60. The quantitative estimate of drug-likeness (QED) is 0.788. The van der Waals surface area contributed by atoms with Crippen LogP contribution in [0.25, 0.3) is 0 Å². The molecule has 92 valence electrons. The van der Waals surface area contributed by atoms with Crippen molar-refractivity contribution in [3.63, 3.8) is 0 Å². The molecule has 0 bridgehead atoms. The fraction of sp³-hybridized carbons (Fsp3) is 0.462. The Bertz CT molecular complexity index is 414. The normalized spacial score (nSPS) is 12.2. The Morgan fingerprint density at radius 1 is 1.53 bits per heavy atom. The summed E-state index contributed by atoms with van der Waals surface area (Å²) in [5.74, 6) is 0.235. The average molecular weight is 236 g/mol. The molecule has 0 spiro atoms. The molecule has 0 aromatic heterocycles. The van der Waals surface area contributed by atoms with E-state index in [0.717, 1.165) is 0 Å². The standard InChI is InChI=1S/C13H17FN2O/c1-10(6-7-15)16(2)9-11-4-5-12(17-3)8-13(11)14/h4-5,8,10H,6,9H2,1-3H3. The average Bonchev–Trinajstić information content (AvgIpc) is 2.31. The molecular weight excluding hydrogens is 219 g/mol. The summed E-state index contributed by atoms with van der Waals surface area (Å²) in [6.45, 7) is 2.43. The van der Waals surface area contributed by atoms with Crippen molar-refractivity contribution in [3.05, 3.63) is 29.6 Å². The van der Waals surface area contributed by atoms with E-state index in [1.807, 2.05) is 18.9 Å². The molecule has 0 aliphatic carbocycles. The van der Waals surface area contributed by atoms with E-state index in [4.69, 9.17) is 10.00 Å². The molecule has 0 heterocycles. The molecule has 0 saturated heterocycles. The van der Waals surface area contributed by atoms with E-state index in [-0.39, 0.29) is 11.9 Å². The fourth-order valence-corrected chi connectivity index (χ4v) is 1.50. The molecule has 0 N–H and O–H groups in total. The van der Waals surface area contributed by atoms with Crippen LogP contribution in [0.4, 0.5) is 4.39 Å². The molecule has 1 atom stereocenters. The predicted molar refractivity (Wildman–Crippen MR) is 64.1 cm³/mol. The van der Waals surface area contributed by atoms with Crippen LogP contribution in [0.5, 0.6) is 5.75 Å². The molecule has 0 aliphatic rings. The van der Waals surface area contributed by atoms with Gasteiger partial charge in [-0.25, -0.2) is 4.39 Å². The van der Waals surface area contributed by atoms with Crippen molar-refractivity contribution < 1.29 is 9.13 Å². The Morgan fingerprint density at radius 3 is 2.76 bits per heavy atom. The molecule has 0 aliphatic heterocycles. The second kappa shape index (κ2) is 6.21. The topological polar surface area (TPSA) is 36.3 Å². The summed E-state index contributed by atoms with van der Waals surface area (Å²) < 4.78 is 18.6. The van der Waals surface area contributed by atoms with E-state index >= 15 is 0 Å². The highest BCUT2D eigenvalue weighted by atomic mass is 19.1. The van der Waals surface area contributed by atoms with Crippen molar-refractivity contribution in [1.82, 2.24) is 4.90 Å². The lowest BCUT2D eigenvalue weighted by atomic mass is 10.1. The Labute approximate surface area is 101 Å². The maximum Gasteiger partial charge on any atom is 0.131 e. The van der Waals surface area contributed by atoms with Crippen LogP contribution in [0.15, 0.2) is 18.2 Å². The Morgan fingerprint density at radius 2 is 2.24 bits per heavy atom. The first-order chi connectivity index (χ1) is 8.08. The zero-order valence-corrected chi connectivity index (χ0v) is 10.4. The summed E-state index contributed by atoms with van der Waals surface area (Å²) in [5.41, 5.74) is 0.609. The molecule has 0 radical (unpaired) electrons. The van der Waals surface area contributed by atoms with Crippen molar-refractivity contribution in [2.75, 3.05) is 14.2 Å². The third kappa shape index (κ3) is 3.72. The van der Waals surface area contributed by atoms with Gasteiger partial charge in [0.1, 0.15) is 11.6 Å². The summed E-state index contributed by atoms with van der Waals surface area (Å²) in [5, 5.41) is 8.61. The van der Waals surface area contributed by atoms with Crippen LogP contribution < -0.4 is 4.74 Å². The number of benzene rings is 1. The van der Waals surface area contributed by atoms with Crippen molar-refractivity contribution in [2.45, 2.75) is 25.9 Å². The van der Waals surface area contributed by atoms with E-state index in [1.54, 1.807) is 12.1 Å². The maximum atomic E-state index is 13.7. The highest BCUT2D eigenvalue weighted by Crippen LogP contribution is 2.18. The minimum Gasteiger partial charge on any atom is -0.497 e. The number of rotatable bonds is 5. The SMILES string of the molecule is COc1ccc(CN(C)C(C)CC#N)c(F)c1. The molecule has 17 heavy (non-hydrogen) atoms. The molecule has 0 amide bonds. The second-order valence-electron chi connectivity index (χ2n) is 4.08. The van der Waals surface area contributed by atoms with Gasteiger partial charge < -0.3 is 4.74 Å². The molecule has 0 fully saturated rings. The number of ether oxygens (including phenoxy) is 1. The summed E-state index contributed by atoms with van der Waals surface area (Å²) >= 11 is 0. The largest absolute Gasteiger partial charge is 0.497 e. The number of nitrogens with zero attached hydrogens (tertiary/aromatic N) is 2. The third-order valence-corrected chi connectivity index (χ3v) is 2.82. The predicted octanol–water partition coefficient (Wildman–Crippen LogP) is 2.57. The van der Waals surface area contributed by atoms with Crippen molar-refractivity contribution in [3.8, 4) is 11.8 Å². The van der Waals surface area contributed by atoms with E-state index in [0.29, 0.717) is 24.3 Å². The van der Waals surface area contributed by atoms with Gasteiger partial charge in [0.15, 0.2) is 0 Å². The zero-order chi connectivity index (χ0) is 12.8. The lowest BCUT2D eigenvalue weighted by molar-refractivity contribution is 0.249.